The molecule has 0 spiro atoms. The SMILES string of the molecule is CCCNc1nc(NCCOCC(N)=O)nc(N(C)C)n1. The van der Waals surface area contributed by atoms with Crippen molar-refractivity contribution in [2.24, 2.45) is 5.73 Å². The van der Waals surface area contributed by atoms with E-state index in [9.17, 15) is 4.79 Å². The lowest BCUT2D eigenvalue weighted by atomic mass is 10.5. The molecule has 9 heteroatoms. The van der Waals surface area contributed by atoms with Crippen molar-refractivity contribution in [2.45, 2.75) is 13.3 Å². The first-order chi connectivity index (χ1) is 10.0. The number of nitrogens with zero attached hydrogens (tertiary/aromatic N) is 4. The molecule has 0 saturated heterocycles. The third-order valence-corrected chi connectivity index (χ3v) is 2.33. The monoisotopic (exact) mass is 297 g/mol. The van der Waals surface area contributed by atoms with Gasteiger partial charge in [0, 0.05) is 27.2 Å². The van der Waals surface area contributed by atoms with E-state index < -0.39 is 5.91 Å². The Labute approximate surface area is 124 Å². The lowest BCUT2D eigenvalue weighted by Gasteiger charge is -2.14. The van der Waals surface area contributed by atoms with Crippen molar-refractivity contribution in [3.05, 3.63) is 0 Å². The molecule has 1 heterocycles. The van der Waals surface area contributed by atoms with E-state index in [1.54, 1.807) is 4.90 Å². The number of anilines is 3. The van der Waals surface area contributed by atoms with Gasteiger partial charge in [0.15, 0.2) is 0 Å². The van der Waals surface area contributed by atoms with Crippen LogP contribution in [0.2, 0.25) is 0 Å². The van der Waals surface area contributed by atoms with Crippen LogP contribution in [0.5, 0.6) is 0 Å². The van der Waals surface area contributed by atoms with Gasteiger partial charge >= 0.3 is 0 Å². The van der Waals surface area contributed by atoms with Crippen LogP contribution in [0.4, 0.5) is 17.8 Å². The molecule has 0 aromatic carbocycles. The van der Waals surface area contributed by atoms with Crippen LogP contribution in [0.25, 0.3) is 0 Å². The molecule has 1 amide bonds. The highest BCUT2D eigenvalue weighted by molar-refractivity contribution is 5.74. The van der Waals surface area contributed by atoms with Gasteiger partial charge in [-0.2, -0.15) is 15.0 Å². The summed E-state index contributed by atoms with van der Waals surface area (Å²) in [5, 5.41) is 6.15. The molecule has 1 aromatic rings. The van der Waals surface area contributed by atoms with Crippen molar-refractivity contribution < 1.29 is 9.53 Å². The number of carbonyl (C=O) groups is 1. The Kier molecular flexibility index (Phi) is 7.16. The Bertz CT molecular complexity index is 453. The quantitative estimate of drug-likeness (QED) is 0.503. The Morgan fingerprint density at radius 1 is 1.19 bits per heavy atom. The van der Waals surface area contributed by atoms with Crippen LogP contribution in [-0.2, 0) is 9.53 Å². The average molecular weight is 297 g/mol. The van der Waals surface area contributed by atoms with E-state index in [-0.39, 0.29) is 6.61 Å². The van der Waals surface area contributed by atoms with Crippen molar-refractivity contribution in [3.8, 4) is 0 Å². The molecule has 0 radical (unpaired) electrons. The van der Waals surface area contributed by atoms with Gasteiger partial charge in [0.05, 0.1) is 6.61 Å². The number of nitrogens with one attached hydrogen (secondary N) is 2. The van der Waals surface area contributed by atoms with E-state index in [1.165, 1.54) is 0 Å². The van der Waals surface area contributed by atoms with Crippen molar-refractivity contribution >= 4 is 23.8 Å². The highest BCUT2D eigenvalue weighted by Gasteiger charge is 2.07. The lowest BCUT2D eigenvalue weighted by molar-refractivity contribution is -0.122. The number of primary amides is 1. The highest BCUT2D eigenvalue weighted by Crippen LogP contribution is 2.11. The first-order valence-electron chi connectivity index (χ1n) is 6.80. The summed E-state index contributed by atoms with van der Waals surface area (Å²) in [6.45, 7) is 3.57. The van der Waals surface area contributed by atoms with Crippen molar-refractivity contribution in [3.63, 3.8) is 0 Å². The molecule has 0 aliphatic heterocycles. The molecule has 0 unspecified atom stereocenters. The number of ether oxygens (including phenoxy) is 1. The van der Waals surface area contributed by atoms with Gasteiger partial charge in [-0.15, -0.1) is 0 Å². The molecule has 0 saturated carbocycles. The summed E-state index contributed by atoms with van der Waals surface area (Å²) in [5.41, 5.74) is 4.97. The molecule has 1 aromatic heterocycles. The second-order valence-corrected chi connectivity index (χ2v) is 4.55. The number of rotatable bonds is 10. The summed E-state index contributed by atoms with van der Waals surface area (Å²) < 4.78 is 5.06. The van der Waals surface area contributed by atoms with Crippen LogP contribution in [0, 0.1) is 0 Å². The average Bonchev–Trinajstić information content (AvgIpc) is 2.44. The molecule has 0 bridgehead atoms. The summed E-state index contributed by atoms with van der Waals surface area (Å²) in [6.07, 6.45) is 0.979. The normalized spacial score (nSPS) is 10.2. The van der Waals surface area contributed by atoms with Crippen LogP contribution < -0.4 is 21.3 Å². The maximum absolute atomic E-state index is 10.5. The predicted molar refractivity (Wildman–Crippen MR) is 81.4 cm³/mol. The predicted octanol–water partition coefficient (Wildman–Crippen LogP) is -0.327. The van der Waals surface area contributed by atoms with Crippen LogP contribution in [0.15, 0.2) is 0 Å². The fourth-order valence-corrected chi connectivity index (χ4v) is 1.37. The first kappa shape index (κ1) is 16.9. The molecule has 0 atom stereocenters. The molecular weight excluding hydrogens is 274 g/mol. The van der Waals surface area contributed by atoms with Crippen LogP contribution in [0.1, 0.15) is 13.3 Å². The maximum atomic E-state index is 10.5. The van der Waals surface area contributed by atoms with Gasteiger partial charge in [-0.3, -0.25) is 4.79 Å². The maximum Gasteiger partial charge on any atom is 0.243 e. The smallest absolute Gasteiger partial charge is 0.243 e. The van der Waals surface area contributed by atoms with Crippen LogP contribution >= 0.6 is 0 Å². The van der Waals surface area contributed by atoms with Crippen molar-refractivity contribution in [1.82, 2.24) is 15.0 Å². The molecule has 0 aliphatic carbocycles. The minimum atomic E-state index is -0.490. The molecule has 21 heavy (non-hydrogen) atoms. The summed E-state index contributed by atoms with van der Waals surface area (Å²) in [7, 11) is 3.72. The Morgan fingerprint density at radius 3 is 2.33 bits per heavy atom. The topological polar surface area (TPSA) is 118 Å². The number of nitrogens with two attached hydrogens (primary N) is 1. The summed E-state index contributed by atoms with van der Waals surface area (Å²) >= 11 is 0. The zero-order chi connectivity index (χ0) is 15.7. The fourth-order valence-electron chi connectivity index (χ4n) is 1.37. The second kappa shape index (κ2) is 8.90. The van der Waals surface area contributed by atoms with E-state index in [4.69, 9.17) is 10.5 Å². The fraction of sp³-hybridized carbons (Fsp3) is 0.667. The van der Waals surface area contributed by atoms with E-state index in [0.717, 1.165) is 13.0 Å². The van der Waals surface area contributed by atoms with Gasteiger partial charge < -0.3 is 26.0 Å². The third kappa shape index (κ3) is 6.70. The number of aromatic nitrogens is 3. The Balaban J connectivity index is 2.58. The van der Waals surface area contributed by atoms with Gasteiger partial charge in [0.2, 0.25) is 23.8 Å². The number of hydrogen-bond acceptors (Lipinski definition) is 8. The molecule has 1 rings (SSSR count). The third-order valence-electron chi connectivity index (χ3n) is 2.33. The Morgan fingerprint density at radius 2 is 1.81 bits per heavy atom. The molecular formula is C12H23N7O2. The summed E-state index contributed by atoms with van der Waals surface area (Å²) in [6, 6.07) is 0. The van der Waals surface area contributed by atoms with Crippen LogP contribution in [-0.4, -0.2) is 61.3 Å². The van der Waals surface area contributed by atoms with Crippen molar-refractivity contribution in [1.29, 1.82) is 0 Å². The minimum Gasteiger partial charge on any atom is -0.370 e. The lowest BCUT2D eigenvalue weighted by Crippen LogP contribution is -2.21. The van der Waals surface area contributed by atoms with Gasteiger partial charge in [0.25, 0.3) is 0 Å². The number of amides is 1. The number of hydrogen-bond donors (Lipinski definition) is 3. The zero-order valence-corrected chi connectivity index (χ0v) is 12.7. The van der Waals surface area contributed by atoms with Gasteiger partial charge in [-0.25, -0.2) is 0 Å². The standard InChI is InChI=1S/C12H23N7O2/c1-4-5-14-10-16-11(18-12(17-10)19(2)3)15-6-7-21-8-9(13)20/h4-8H2,1-3H3,(H2,13,20)(H2,14,15,16,17,18). The summed E-state index contributed by atoms with van der Waals surface area (Å²) in [4.78, 5) is 25.2. The van der Waals surface area contributed by atoms with E-state index in [2.05, 4.69) is 32.5 Å². The van der Waals surface area contributed by atoms with E-state index in [1.807, 2.05) is 14.1 Å². The molecule has 9 nitrogen and oxygen atoms in total. The van der Waals surface area contributed by atoms with E-state index in [0.29, 0.717) is 31.0 Å². The zero-order valence-electron chi connectivity index (χ0n) is 12.7. The van der Waals surface area contributed by atoms with Gasteiger partial charge in [-0.05, 0) is 6.42 Å². The summed E-state index contributed by atoms with van der Waals surface area (Å²) in [5.74, 6) is 1.05. The Hall–Kier alpha value is -2.16. The van der Waals surface area contributed by atoms with E-state index >= 15 is 0 Å². The van der Waals surface area contributed by atoms with Gasteiger partial charge in [-0.1, -0.05) is 6.92 Å². The molecule has 4 N–H and O–H groups in total. The van der Waals surface area contributed by atoms with Crippen molar-refractivity contribution in [2.75, 3.05) is 55.9 Å². The molecule has 0 aliphatic rings. The van der Waals surface area contributed by atoms with Crippen LogP contribution in [0.3, 0.4) is 0 Å². The van der Waals surface area contributed by atoms with Gasteiger partial charge in [0.1, 0.15) is 6.61 Å². The largest absolute Gasteiger partial charge is 0.370 e. The second-order valence-electron chi connectivity index (χ2n) is 4.55. The molecule has 118 valence electrons. The number of carbonyl (C=O) groups excluding carboxylic acids is 1. The first-order valence-corrected chi connectivity index (χ1v) is 6.80. The highest BCUT2D eigenvalue weighted by atomic mass is 16.5. The molecule has 0 fully saturated rings. The minimum absolute atomic E-state index is 0.0921.